The van der Waals surface area contributed by atoms with E-state index >= 15 is 0 Å². The van der Waals surface area contributed by atoms with Crippen LogP contribution in [0.2, 0.25) is 0 Å². The van der Waals surface area contributed by atoms with E-state index < -0.39 is 0 Å². The lowest BCUT2D eigenvalue weighted by Crippen LogP contribution is -2.15. The summed E-state index contributed by atoms with van der Waals surface area (Å²) in [5.41, 5.74) is 0.324. The van der Waals surface area contributed by atoms with E-state index in [0.29, 0.717) is 16.0 Å². The van der Waals surface area contributed by atoms with Crippen molar-refractivity contribution >= 4 is 43.6 Å². The second kappa shape index (κ2) is 5.37. The fourth-order valence-electron chi connectivity index (χ4n) is 1.20. The monoisotopic (exact) mass is 355 g/mol. The third-order valence-electron chi connectivity index (χ3n) is 1.96. The maximum absolute atomic E-state index is 11.9. The first-order valence-electron chi connectivity index (χ1n) is 4.71. The van der Waals surface area contributed by atoms with Crippen LogP contribution in [0, 0.1) is 0 Å². The SMILES string of the molecule is O=C(Nc1ncccc1Br)c1ncccc1Br. The summed E-state index contributed by atoms with van der Waals surface area (Å²) in [6, 6.07) is 7.08. The van der Waals surface area contributed by atoms with Gasteiger partial charge < -0.3 is 5.32 Å². The molecule has 0 aliphatic heterocycles. The molecule has 0 aliphatic carbocycles. The number of nitrogens with zero attached hydrogens (tertiary/aromatic N) is 2. The Balaban J connectivity index is 2.24. The molecule has 17 heavy (non-hydrogen) atoms. The Bertz CT molecular complexity index is 560. The minimum atomic E-state index is -0.308. The summed E-state index contributed by atoms with van der Waals surface area (Å²) in [7, 11) is 0. The number of rotatable bonds is 2. The molecule has 0 aliphatic rings. The van der Waals surface area contributed by atoms with Crippen LogP contribution in [0.1, 0.15) is 10.5 Å². The molecule has 86 valence electrons. The van der Waals surface area contributed by atoms with Gasteiger partial charge in [-0.3, -0.25) is 4.79 Å². The van der Waals surface area contributed by atoms with E-state index in [1.807, 2.05) is 0 Å². The molecule has 2 rings (SSSR count). The zero-order valence-electron chi connectivity index (χ0n) is 8.52. The maximum atomic E-state index is 11.9. The van der Waals surface area contributed by atoms with Gasteiger partial charge in [-0.15, -0.1) is 0 Å². The lowest BCUT2D eigenvalue weighted by molar-refractivity contribution is 0.102. The fraction of sp³-hybridized carbons (Fsp3) is 0. The maximum Gasteiger partial charge on any atom is 0.276 e. The van der Waals surface area contributed by atoms with E-state index in [1.165, 1.54) is 0 Å². The Kier molecular flexibility index (Phi) is 3.86. The van der Waals surface area contributed by atoms with E-state index in [2.05, 4.69) is 47.1 Å². The number of anilines is 1. The first-order chi connectivity index (χ1) is 8.18. The molecule has 0 bridgehead atoms. The van der Waals surface area contributed by atoms with Crippen LogP contribution in [-0.2, 0) is 0 Å². The molecule has 2 aromatic heterocycles. The van der Waals surface area contributed by atoms with Crippen LogP contribution in [0.15, 0.2) is 45.6 Å². The predicted molar refractivity (Wildman–Crippen MR) is 71.8 cm³/mol. The van der Waals surface area contributed by atoms with Gasteiger partial charge in [-0.2, -0.15) is 0 Å². The van der Waals surface area contributed by atoms with Crippen molar-refractivity contribution < 1.29 is 4.79 Å². The predicted octanol–water partition coefficient (Wildman–Crippen LogP) is 3.25. The molecule has 0 atom stereocenters. The molecular weight excluding hydrogens is 350 g/mol. The minimum absolute atomic E-state index is 0.308. The van der Waals surface area contributed by atoms with E-state index in [-0.39, 0.29) is 5.91 Å². The average molecular weight is 357 g/mol. The van der Waals surface area contributed by atoms with E-state index in [1.54, 1.807) is 36.7 Å². The van der Waals surface area contributed by atoms with Gasteiger partial charge in [0.2, 0.25) is 0 Å². The molecule has 0 unspecified atom stereocenters. The van der Waals surface area contributed by atoms with Crippen molar-refractivity contribution in [3.63, 3.8) is 0 Å². The first-order valence-corrected chi connectivity index (χ1v) is 6.29. The quantitative estimate of drug-likeness (QED) is 0.898. The van der Waals surface area contributed by atoms with Crippen molar-refractivity contribution in [1.82, 2.24) is 9.97 Å². The van der Waals surface area contributed by atoms with Crippen molar-refractivity contribution in [3.05, 3.63) is 51.3 Å². The highest BCUT2D eigenvalue weighted by Gasteiger charge is 2.12. The van der Waals surface area contributed by atoms with Crippen molar-refractivity contribution in [3.8, 4) is 0 Å². The molecule has 0 radical (unpaired) electrons. The Morgan fingerprint density at radius 3 is 2.35 bits per heavy atom. The van der Waals surface area contributed by atoms with Gasteiger partial charge in [-0.25, -0.2) is 9.97 Å². The third kappa shape index (κ3) is 2.89. The van der Waals surface area contributed by atoms with Crippen LogP contribution in [0.3, 0.4) is 0 Å². The minimum Gasteiger partial charge on any atom is -0.304 e. The molecule has 0 saturated carbocycles. The van der Waals surface area contributed by atoms with Crippen LogP contribution in [0.4, 0.5) is 5.82 Å². The second-order valence-corrected chi connectivity index (χ2v) is 4.83. The highest BCUT2D eigenvalue weighted by molar-refractivity contribution is 9.11. The van der Waals surface area contributed by atoms with Gasteiger partial charge in [-0.05, 0) is 56.1 Å². The summed E-state index contributed by atoms with van der Waals surface area (Å²) in [6.07, 6.45) is 3.17. The highest BCUT2D eigenvalue weighted by atomic mass is 79.9. The number of carbonyl (C=O) groups excluding carboxylic acids is 1. The Morgan fingerprint density at radius 2 is 1.71 bits per heavy atom. The van der Waals surface area contributed by atoms with Gasteiger partial charge >= 0.3 is 0 Å². The van der Waals surface area contributed by atoms with Crippen LogP contribution in [0.5, 0.6) is 0 Å². The second-order valence-electron chi connectivity index (χ2n) is 3.12. The first kappa shape index (κ1) is 12.2. The van der Waals surface area contributed by atoms with Crippen LogP contribution in [-0.4, -0.2) is 15.9 Å². The summed E-state index contributed by atoms with van der Waals surface area (Å²) in [4.78, 5) is 20.0. The molecule has 2 heterocycles. The van der Waals surface area contributed by atoms with E-state index in [9.17, 15) is 4.79 Å². The molecule has 0 fully saturated rings. The van der Waals surface area contributed by atoms with Crippen molar-refractivity contribution in [1.29, 1.82) is 0 Å². The molecule has 2 aromatic rings. The van der Waals surface area contributed by atoms with Crippen molar-refractivity contribution in [2.45, 2.75) is 0 Å². The van der Waals surface area contributed by atoms with Crippen molar-refractivity contribution in [2.24, 2.45) is 0 Å². The molecule has 1 amide bonds. The molecule has 0 saturated heterocycles. The molecule has 6 heteroatoms. The zero-order chi connectivity index (χ0) is 12.3. The van der Waals surface area contributed by atoms with E-state index in [0.717, 1.165) is 4.47 Å². The van der Waals surface area contributed by atoms with Gasteiger partial charge in [0, 0.05) is 16.9 Å². The van der Waals surface area contributed by atoms with Gasteiger partial charge in [0.1, 0.15) is 11.5 Å². The Labute approximate surface area is 115 Å². The summed E-state index contributed by atoms with van der Waals surface area (Å²) in [5, 5.41) is 2.68. The number of pyridine rings is 2. The van der Waals surface area contributed by atoms with Gasteiger partial charge in [0.05, 0.1) is 4.47 Å². The summed E-state index contributed by atoms with van der Waals surface area (Å²) < 4.78 is 1.37. The zero-order valence-corrected chi connectivity index (χ0v) is 11.7. The van der Waals surface area contributed by atoms with E-state index in [4.69, 9.17) is 0 Å². The largest absolute Gasteiger partial charge is 0.304 e. The van der Waals surface area contributed by atoms with Crippen LogP contribution in [0.25, 0.3) is 0 Å². The third-order valence-corrected chi connectivity index (χ3v) is 3.24. The molecule has 0 aromatic carbocycles. The highest BCUT2D eigenvalue weighted by Crippen LogP contribution is 2.20. The van der Waals surface area contributed by atoms with Crippen LogP contribution >= 0.6 is 31.9 Å². The molecular formula is C11H7Br2N3O. The lowest BCUT2D eigenvalue weighted by Gasteiger charge is -2.06. The topological polar surface area (TPSA) is 54.9 Å². The average Bonchev–Trinajstić information content (AvgIpc) is 2.32. The summed E-state index contributed by atoms with van der Waals surface area (Å²) >= 11 is 6.58. The molecule has 4 nitrogen and oxygen atoms in total. The smallest absolute Gasteiger partial charge is 0.276 e. The van der Waals surface area contributed by atoms with Gasteiger partial charge in [0.15, 0.2) is 0 Å². The number of hydrogen-bond donors (Lipinski definition) is 1. The number of amides is 1. The van der Waals surface area contributed by atoms with Gasteiger partial charge in [-0.1, -0.05) is 0 Å². The number of halogens is 2. The fourth-order valence-corrected chi connectivity index (χ4v) is 1.99. The Hall–Kier alpha value is -1.27. The number of hydrogen-bond acceptors (Lipinski definition) is 3. The number of nitrogens with one attached hydrogen (secondary N) is 1. The number of carbonyl (C=O) groups is 1. The standard InChI is InChI=1S/C11H7Br2N3O/c12-7-3-1-5-14-9(7)11(17)16-10-8(13)4-2-6-15-10/h1-6H,(H,15,16,17). The molecule has 0 spiro atoms. The van der Waals surface area contributed by atoms with Crippen LogP contribution < -0.4 is 5.32 Å². The molecule has 1 N–H and O–H groups in total. The number of aromatic nitrogens is 2. The van der Waals surface area contributed by atoms with Gasteiger partial charge in [0.25, 0.3) is 5.91 Å². The lowest BCUT2D eigenvalue weighted by atomic mass is 10.3. The summed E-state index contributed by atoms with van der Waals surface area (Å²) in [6.45, 7) is 0. The van der Waals surface area contributed by atoms with Crippen molar-refractivity contribution in [2.75, 3.05) is 5.32 Å². The Morgan fingerprint density at radius 1 is 1.06 bits per heavy atom. The summed E-state index contributed by atoms with van der Waals surface area (Å²) in [5.74, 6) is 0.159. The normalized spacial score (nSPS) is 10.0.